The minimum absolute atomic E-state index is 0.0295. The van der Waals surface area contributed by atoms with Crippen molar-refractivity contribution in [2.24, 2.45) is 0 Å². The molecule has 2 atom stereocenters. The van der Waals surface area contributed by atoms with Crippen molar-refractivity contribution in [3.8, 4) is 0 Å². The van der Waals surface area contributed by atoms with Crippen molar-refractivity contribution in [1.29, 1.82) is 0 Å². The summed E-state index contributed by atoms with van der Waals surface area (Å²) >= 11 is 0. The zero-order chi connectivity index (χ0) is 13.1. The van der Waals surface area contributed by atoms with Gasteiger partial charge in [-0.25, -0.2) is 8.78 Å². The summed E-state index contributed by atoms with van der Waals surface area (Å²) in [6.07, 6.45) is -0.266. The molecular weight excluding hydrogens is 226 g/mol. The van der Waals surface area contributed by atoms with Gasteiger partial charge in [-0.2, -0.15) is 0 Å². The predicted octanol–water partition coefficient (Wildman–Crippen LogP) is 2.68. The summed E-state index contributed by atoms with van der Waals surface area (Å²) in [5, 5.41) is 10.0. The summed E-state index contributed by atoms with van der Waals surface area (Å²) in [5.41, 5.74) is -0.590. The Bertz CT molecular complexity index is 376. The number of hydrogen-bond donors (Lipinski definition) is 1. The smallest absolute Gasteiger partial charge is 0.162 e. The van der Waals surface area contributed by atoms with Gasteiger partial charge in [0.2, 0.25) is 0 Å². The molecule has 96 valence electrons. The molecular formula is C13H18F2O2. The molecule has 1 N–H and O–H groups in total. The molecule has 0 saturated heterocycles. The van der Waals surface area contributed by atoms with E-state index in [9.17, 15) is 13.9 Å². The minimum atomic E-state index is -0.902. The average molecular weight is 244 g/mol. The van der Waals surface area contributed by atoms with E-state index in [1.807, 2.05) is 6.92 Å². The van der Waals surface area contributed by atoms with Gasteiger partial charge < -0.3 is 9.84 Å². The summed E-state index contributed by atoms with van der Waals surface area (Å²) in [4.78, 5) is 0. The molecule has 0 amide bonds. The van der Waals surface area contributed by atoms with Gasteiger partial charge in [0, 0.05) is 13.5 Å². The molecule has 0 spiro atoms. The Morgan fingerprint density at radius 2 is 2.06 bits per heavy atom. The highest BCUT2D eigenvalue weighted by Gasteiger charge is 2.31. The van der Waals surface area contributed by atoms with E-state index in [1.54, 1.807) is 6.92 Å². The Kier molecular flexibility index (Phi) is 4.60. The van der Waals surface area contributed by atoms with Crippen molar-refractivity contribution in [3.05, 3.63) is 35.4 Å². The van der Waals surface area contributed by atoms with E-state index >= 15 is 0 Å². The monoisotopic (exact) mass is 244 g/mol. The van der Waals surface area contributed by atoms with Crippen LogP contribution in [0.2, 0.25) is 0 Å². The number of aliphatic hydroxyl groups excluding tert-OH is 1. The first kappa shape index (κ1) is 14.1. The fourth-order valence-electron chi connectivity index (χ4n) is 1.65. The summed E-state index contributed by atoms with van der Waals surface area (Å²) in [5.74, 6) is -1.80. The molecule has 0 aliphatic carbocycles. The molecule has 1 aromatic carbocycles. The van der Waals surface area contributed by atoms with Gasteiger partial charge in [0.05, 0.1) is 11.7 Å². The molecule has 1 rings (SSSR count). The molecule has 17 heavy (non-hydrogen) atoms. The Balaban J connectivity index is 2.88. The van der Waals surface area contributed by atoms with Crippen LogP contribution in [-0.2, 0) is 11.2 Å². The van der Waals surface area contributed by atoms with Crippen LogP contribution in [0, 0.1) is 11.6 Å². The highest BCUT2D eigenvalue weighted by atomic mass is 19.2. The molecule has 0 heterocycles. The normalized spacial score (nSPS) is 16.6. The van der Waals surface area contributed by atoms with Crippen molar-refractivity contribution in [1.82, 2.24) is 0 Å². The van der Waals surface area contributed by atoms with Crippen molar-refractivity contribution >= 4 is 0 Å². The number of halogens is 2. The lowest BCUT2D eigenvalue weighted by Crippen LogP contribution is -2.42. The van der Waals surface area contributed by atoms with Gasteiger partial charge in [0.25, 0.3) is 0 Å². The van der Waals surface area contributed by atoms with Crippen molar-refractivity contribution < 1.29 is 18.6 Å². The molecule has 0 radical (unpaired) electrons. The lowest BCUT2D eigenvalue weighted by Gasteiger charge is -2.32. The first-order chi connectivity index (χ1) is 7.94. The summed E-state index contributed by atoms with van der Waals surface area (Å²) < 4.78 is 31.7. The zero-order valence-corrected chi connectivity index (χ0v) is 10.3. The van der Waals surface area contributed by atoms with Gasteiger partial charge in [0.15, 0.2) is 11.6 Å². The van der Waals surface area contributed by atoms with Crippen LogP contribution in [0.15, 0.2) is 18.2 Å². The zero-order valence-electron chi connectivity index (χ0n) is 10.3. The molecule has 2 unspecified atom stereocenters. The van der Waals surface area contributed by atoms with Crippen LogP contribution in [0.4, 0.5) is 8.78 Å². The molecule has 4 heteroatoms. The van der Waals surface area contributed by atoms with Crippen LogP contribution in [0.25, 0.3) is 0 Å². The van der Waals surface area contributed by atoms with E-state index in [-0.39, 0.29) is 12.0 Å². The molecule has 0 aromatic heterocycles. The van der Waals surface area contributed by atoms with E-state index in [2.05, 4.69) is 0 Å². The largest absolute Gasteiger partial charge is 0.390 e. The van der Waals surface area contributed by atoms with E-state index in [0.29, 0.717) is 6.42 Å². The third-order valence-electron chi connectivity index (χ3n) is 3.32. The third-order valence-corrected chi connectivity index (χ3v) is 3.32. The van der Waals surface area contributed by atoms with Crippen molar-refractivity contribution in [2.75, 3.05) is 7.11 Å². The number of ether oxygens (including phenoxy) is 1. The van der Waals surface area contributed by atoms with Crippen LogP contribution in [-0.4, -0.2) is 23.9 Å². The van der Waals surface area contributed by atoms with Crippen LogP contribution >= 0.6 is 0 Å². The van der Waals surface area contributed by atoms with Gasteiger partial charge in [-0.05, 0) is 25.0 Å². The maximum atomic E-state index is 13.4. The molecule has 1 aromatic rings. The first-order valence-electron chi connectivity index (χ1n) is 5.60. The van der Waals surface area contributed by atoms with Crippen molar-refractivity contribution in [3.63, 3.8) is 0 Å². The average Bonchev–Trinajstić information content (AvgIpc) is 2.33. The molecule has 0 aliphatic heterocycles. The first-order valence-corrected chi connectivity index (χ1v) is 5.60. The van der Waals surface area contributed by atoms with E-state index < -0.39 is 23.3 Å². The van der Waals surface area contributed by atoms with E-state index in [4.69, 9.17) is 4.74 Å². The van der Waals surface area contributed by atoms with Gasteiger partial charge in [-0.1, -0.05) is 19.1 Å². The van der Waals surface area contributed by atoms with Crippen LogP contribution in [0.5, 0.6) is 0 Å². The standard InChI is InChI=1S/C13H18F2O2/c1-4-13(2,17-3)11(16)8-9-6-5-7-10(14)12(9)15/h5-7,11,16H,4,8H2,1-3H3. The molecule has 2 nitrogen and oxygen atoms in total. The Morgan fingerprint density at radius 1 is 1.41 bits per heavy atom. The minimum Gasteiger partial charge on any atom is -0.390 e. The predicted molar refractivity (Wildman–Crippen MR) is 61.8 cm³/mol. The Morgan fingerprint density at radius 3 is 2.59 bits per heavy atom. The molecule has 0 aliphatic rings. The lowest BCUT2D eigenvalue weighted by atomic mass is 9.90. The van der Waals surface area contributed by atoms with Crippen LogP contribution in [0.3, 0.4) is 0 Å². The fraction of sp³-hybridized carbons (Fsp3) is 0.538. The number of methoxy groups -OCH3 is 1. The molecule has 0 bridgehead atoms. The number of hydrogen-bond acceptors (Lipinski definition) is 2. The second kappa shape index (κ2) is 5.56. The maximum absolute atomic E-state index is 13.4. The van der Waals surface area contributed by atoms with Crippen LogP contribution in [0.1, 0.15) is 25.8 Å². The summed E-state index contributed by atoms with van der Waals surface area (Å²) in [6.45, 7) is 3.61. The molecule has 0 saturated carbocycles. The highest BCUT2D eigenvalue weighted by molar-refractivity contribution is 5.20. The fourth-order valence-corrected chi connectivity index (χ4v) is 1.65. The van der Waals surface area contributed by atoms with Gasteiger partial charge >= 0.3 is 0 Å². The number of rotatable bonds is 5. The SMILES string of the molecule is CCC(C)(OC)C(O)Cc1cccc(F)c1F. The van der Waals surface area contributed by atoms with Gasteiger partial charge in [0.1, 0.15) is 0 Å². The van der Waals surface area contributed by atoms with Gasteiger partial charge in [-0.15, -0.1) is 0 Å². The van der Waals surface area contributed by atoms with E-state index in [1.165, 1.54) is 19.2 Å². The van der Waals surface area contributed by atoms with Crippen molar-refractivity contribution in [2.45, 2.75) is 38.4 Å². The molecule has 0 fully saturated rings. The second-order valence-corrected chi connectivity index (χ2v) is 4.30. The topological polar surface area (TPSA) is 29.5 Å². The lowest BCUT2D eigenvalue weighted by molar-refractivity contribution is -0.0917. The van der Waals surface area contributed by atoms with E-state index in [0.717, 1.165) is 6.07 Å². The summed E-state index contributed by atoms with van der Waals surface area (Å²) in [7, 11) is 1.49. The summed E-state index contributed by atoms with van der Waals surface area (Å²) in [6, 6.07) is 3.95. The third kappa shape index (κ3) is 3.01. The second-order valence-electron chi connectivity index (χ2n) is 4.30. The highest BCUT2D eigenvalue weighted by Crippen LogP contribution is 2.23. The van der Waals surface area contributed by atoms with Gasteiger partial charge in [-0.3, -0.25) is 0 Å². The Labute approximate surface area is 100 Å². The van der Waals surface area contributed by atoms with Crippen LogP contribution < -0.4 is 0 Å². The number of aliphatic hydroxyl groups is 1. The Hall–Kier alpha value is -1.00. The number of benzene rings is 1. The maximum Gasteiger partial charge on any atom is 0.162 e. The quantitative estimate of drug-likeness (QED) is 0.863.